The van der Waals surface area contributed by atoms with Gasteiger partial charge in [-0.05, 0) is 41.5 Å². The van der Waals surface area contributed by atoms with Crippen molar-refractivity contribution in [1.29, 1.82) is 0 Å². The number of nitrogens with zero attached hydrogens (tertiary/aromatic N) is 2. The van der Waals surface area contributed by atoms with Crippen LogP contribution in [-0.2, 0) is 17.8 Å². The third-order valence-corrected chi connectivity index (χ3v) is 5.28. The van der Waals surface area contributed by atoms with Gasteiger partial charge in [0.15, 0.2) is 0 Å². The molecular weight excluding hydrogens is 510 g/mol. The molecule has 0 aliphatic rings. The summed E-state index contributed by atoms with van der Waals surface area (Å²) in [6, 6.07) is 16.3. The average Bonchev–Trinajstić information content (AvgIpc) is 3.45. The van der Waals surface area contributed by atoms with E-state index in [2.05, 4.69) is 38.6 Å². The van der Waals surface area contributed by atoms with Gasteiger partial charge < -0.3 is 15.1 Å². The Balaban J connectivity index is 1.34. The summed E-state index contributed by atoms with van der Waals surface area (Å²) in [6.07, 6.45) is 6.02. The number of carbonyl (C=O) groups is 1. The Morgan fingerprint density at radius 2 is 1.97 bits per heavy atom. The summed E-state index contributed by atoms with van der Waals surface area (Å²) >= 11 is 2.11. The van der Waals surface area contributed by atoms with Crippen LogP contribution in [0.4, 0.5) is 15.8 Å². The zero-order valence-corrected chi connectivity index (χ0v) is 18.7. The number of halogens is 2. The number of amides is 1. The lowest BCUT2D eigenvalue weighted by Gasteiger charge is -2.11. The highest BCUT2D eigenvalue weighted by Gasteiger charge is 2.09. The van der Waals surface area contributed by atoms with Gasteiger partial charge in [0.25, 0.3) is 0 Å². The molecule has 4 rings (SSSR count). The molecule has 0 aliphatic heterocycles. The van der Waals surface area contributed by atoms with Crippen molar-refractivity contribution in [2.75, 3.05) is 10.6 Å². The van der Waals surface area contributed by atoms with Crippen molar-refractivity contribution in [2.45, 2.75) is 19.4 Å². The quantitative estimate of drug-likeness (QED) is 0.289. The SMILES string of the molecule is O=C(CCc1ccco1)Nc1cc(NCc2ccc(-c3cnn(I)c3)cc2)ccc1F. The van der Waals surface area contributed by atoms with Crippen LogP contribution in [-0.4, -0.2) is 13.9 Å². The molecule has 1 amide bonds. The predicted molar refractivity (Wildman–Crippen MR) is 126 cm³/mol. The first-order chi connectivity index (χ1) is 15.1. The van der Waals surface area contributed by atoms with Crippen LogP contribution in [0.5, 0.6) is 0 Å². The van der Waals surface area contributed by atoms with Crippen LogP contribution >= 0.6 is 22.9 Å². The molecule has 0 bridgehead atoms. The first kappa shape index (κ1) is 21.1. The molecule has 4 aromatic rings. The third kappa shape index (κ3) is 5.72. The van der Waals surface area contributed by atoms with Gasteiger partial charge >= 0.3 is 0 Å². The van der Waals surface area contributed by atoms with E-state index in [1.807, 2.05) is 36.7 Å². The van der Waals surface area contributed by atoms with Crippen molar-refractivity contribution in [3.8, 4) is 11.1 Å². The molecule has 0 unspecified atom stereocenters. The highest BCUT2D eigenvalue weighted by Crippen LogP contribution is 2.22. The number of hydrogen-bond acceptors (Lipinski definition) is 4. The molecule has 8 heteroatoms. The van der Waals surface area contributed by atoms with E-state index < -0.39 is 5.82 Å². The van der Waals surface area contributed by atoms with Crippen molar-refractivity contribution in [3.63, 3.8) is 0 Å². The number of aromatic nitrogens is 2. The molecule has 2 heterocycles. The van der Waals surface area contributed by atoms with E-state index in [0.717, 1.165) is 28.1 Å². The minimum atomic E-state index is -0.475. The van der Waals surface area contributed by atoms with Gasteiger partial charge in [-0.3, -0.25) is 4.79 Å². The molecule has 2 N–H and O–H groups in total. The lowest BCUT2D eigenvalue weighted by atomic mass is 10.1. The Kier molecular flexibility index (Phi) is 6.66. The highest BCUT2D eigenvalue weighted by molar-refractivity contribution is 14.1. The Labute approximate surface area is 193 Å². The molecule has 0 saturated carbocycles. The predicted octanol–water partition coefficient (Wildman–Crippen LogP) is 5.66. The zero-order chi connectivity index (χ0) is 21.6. The lowest BCUT2D eigenvalue weighted by Crippen LogP contribution is -2.13. The van der Waals surface area contributed by atoms with E-state index in [0.29, 0.717) is 13.0 Å². The monoisotopic (exact) mass is 530 g/mol. The number of nitrogens with one attached hydrogen (secondary N) is 2. The van der Waals surface area contributed by atoms with E-state index in [1.54, 1.807) is 33.4 Å². The van der Waals surface area contributed by atoms with Gasteiger partial charge in [-0.2, -0.15) is 5.10 Å². The lowest BCUT2D eigenvalue weighted by molar-refractivity contribution is -0.116. The van der Waals surface area contributed by atoms with Crippen molar-refractivity contribution in [3.05, 3.63) is 90.4 Å². The molecule has 31 heavy (non-hydrogen) atoms. The van der Waals surface area contributed by atoms with Crippen LogP contribution in [0.25, 0.3) is 11.1 Å². The fourth-order valence-electron chi connectivity index (χ4n) is 3.10. The number of aryl methyl sites for hydroxylation is 1. The van der Waals surface area contributed by atoms with Crippen LogP contribution < -0.4 is 10.6 Å². The minimum absolute atomic E-state index is 0.153. The molecule has 6 nitrogen and oxygen atoms in total. The van der Waals surface area contributed by atoms with Crippen molar-refractivity contribution >= 4 is 40.1 Å². The first-order valence-corrected chi connectivity index (χ1v) is 10.7. The van der Waals surface area contributed by atoms with Crippen LogP contribution in [0.1, 0.15) is 17.7 Å². The van der Waals surface area contributed by atoms with E-state index in [4.69, 9.17) is 4.42 Å². The zero-order valence-electron chi connectivity index (χ0n) is 16.5. The van der Waals surface area contributed by atoms with Crippen LogP contribution in [0, 0.1) is 5.82 Å². The normalized spacial score (nSPS) is 10.8. The number of anilines is 2. The smallest absolute Gasteiger partial charge is 0.224 e. The van der Waals surface area contributed by atoms with Crippen molar-refractivity contribution in [2.24, 2.45) is 0 Å². The molecule has 0 radical (unpaired) electrons. The van der Waals surface area contributed by atoms with Crippen LogP contribution in [0.2, 0.25) is 0 Å². The molecule has 0 aliphatic carbocycles. The second kappa shape index (κ2) is 9.78. The van der Waals surface area contributed by atoms with E-state index in [-0.39, 0.29) is 18.0 Å². The molecule has 2 aromatic carbocycles. The summed E-state index contributed by atoms with van der Waals surface area (Å²) in [5, 5.41) is 10.1. The number of rotatable bonds is 8. The third-order valence-electron chi connectivity index (χ3n) is 4.76. The van der Waals surface area contributed by atoms with E-state index >= 15 is 0 Å². The summed E-state index contributed by atoms with van der Waals surface area (Å²) in [5.41, 5.74) is 4.10. The van der Waals surface area contributed by atoms with Gasteiger partial charge in [-0.15, -0.1) is 0 Å². The summed E-state index contributed by atoms with van der Waals surface area (Å²) in [4.78, 5) is 12.2. The molecule has 0 atom stereocenters. The molecule has 0 fully saturated rings. The fourth-order valence-corrected chi connectivity index (χ4v) is 3.53. The summed E-state index contributed by atoms with van der Waals surface area (Å²) in [7, 11) is 0. The molecule has 158 valence electrons. The van der Waals surface area contributed by atoms with Gasteiger partial charge in [0.05, 0.1) is 41.0 Å². The summed E-state index contributed by atoms with van der Waals surface area (Å²) < 4.78 is 21.1. The van der Waals surface area contributed by atoms with Gasteiger partial charge in [0, 0.05) is 36.8 Å². The van der Waals surface area contributed by atoms with E-state index in [1.165, 1.54) is 6.07 Å². The maximum Gasteiger partial charge on any atom is 0.224 e. The Morgan fingerprint density at radius 3 is 2.68 bits per heavy atom. The number of carbonyl (C=O) groups excluding carboxylic acids is 1. The van der Waals surface area contributed by atoms with Crippen molar-refractivity contribution in [1.82, 2.24) is 7.99 Å². The second-order valence-corrected chi connectivity index (χ2v) is 7.98. The molecule has 0 saturated heterocycles. The van der Waals surface area contributed by atoms with Gasteiger partial charge in [-0.25, -0.2) is 7.29 Å². The highest BCUT2D eigenvalue weighted by atomic mass is 127. The Morgan fingerprint density at radius 1 is 1.13 bits per heavy atom. The molecular formula is C23H20FIN4O2. The number of furan rings is 1. The van der Waals surface area contributed by atoms with Crippen LogP contribution in [0.15, 0.2) is 77.7 Å². The maximum absolute atomic E-state index is 14.1. The molecule has 0 spiro atoms. The number of hydrogen-bond donors (Lipinski definition) is 2. The van der Waals surface area contributed by atoms with Gasteiger partial charge in [0.1, 0.15) is 11.6 Å². The van der Waals surface area contributed by atoms with Crippen molar-refractivity contribution < 1.29 is 13.6 Å². The Hall–Kier alpha value is -3.14. The first-order valence-electron chi connectivity index (χ1n) is 9.72. The summed E-state index contributed by atoms with van der Waals surface area (Å²) in [5.74, 6) is -0.0184. The van der Waals surface area contributed by atoms with Gasteiger partial charge in [0.2, 0.25) is 5.91 Å². The van der Waals surface area contributed by atoms with Gasteiger partial charge in [-0.1, -0.05) is 24.3 Å². The van der Waals surface area contributed by atoms with E-state index in [9.17, 15) is 9.18 Å². The van der Waals surface area contributed by atoms with Crippen LogP contribution in [0.3, 0.4) is 0 Å². The second-order valence-electron chi connectivity index (χ2n) is 6.99. The topological polar surface area (TPSA) is 72.1 Å². The largest absolute Gasteiger partial charge is 0.469 e. The summed E-state index contributed by atoms with van der Waals surface area (Å²) in [6.45, 7) is 0.573. The standard InChI is InChI=1S/C23H20FIN4O2/c24-21-9-7-19(12-22(21)28-23(30)10-8-20-2-1-11-31-20)26-13-16-3-5-17(6-4-16)18-14-27-29(25)15-18/h1-7,9,11-12,14-15,26H,8,10,13H2,(H,28,30). The average molecular weight is 530 g/mol. The fraction of sp³-hybridized carbons (Fsp3) is 0.130. The molecule has 2 aromatic heterocycles. The maximum atomic E-state index is 14.1. The Bertz CT molecular complexity index is 1160. The number of benzene rings is 2. The minimum Gasteiger partial charge on any atom is -0.469 e.